The standard InChI is InChI=1S/C11H18N4/c1-11(2)5-3-4-8(11)15-10-9(12)13-6-7-14-10/h6-8H,3-5H2,1-2H3,(H2,12,13)(H,14,15). The molecule has 1 aliphatic carbocycles. The topological polar surface area (TPSA) is 63.8 Å². The highest BCUT2D eigenvalue weighted by Crippen LogP contribution is 2.39. The van der Waals surface area contributed by atoms with Crippen molar-refractivity contribution in [3.05, 3.63) is 12.4 Å². The summed E-state index contributed by atoms with van der Waals surface area (Å²) in [5, 5.41) is 3.40. The molecule has 0 bridgehead atoms. The van der Waals surface area contributed by atoms with Gasteiger partial charge in [-0.15, -0.1) is 0 Å². The van der Waals surface area contributed by atoms with Crippen LogP contribution in [0.3, 0.4) is 0 Å². The molecule has 1 aliphatic rings. The summed E-state index contributed by atoms with van der Waals surface area (Å²) in [4.78, 5) is 8.23. The van der Waals surface area contributed by atoms with Gasteiger partial charge in [0, 0.05) is 18.4 Å². The van der Waals surface area contributed by atoms with Gasteiger partial charge in [-0.25, -0.2) is 9.97 Å². The summed E-state index contributed by atoms with van der Waals surface area (Å²) < 4.78 is 0. The first-order chi connectivity index (χ1) is 7.09. The van der Waals surface area contributed by atoms with E-state index in [0.717, 1.165) is 5.82 Å². The van der Waals surface area contributed by atoms with Crippen LogP contribution >= 0.6 is 0 Å². The molecule has 3 N–H and O–H groups in total. The molecule has 1 unspecified atom stereocenters. The Balaban J connectivity index is 2.12. The SMILES string of the molecule is CC1(C)CCCC1Nc1nccnc1N. The molecule has 2 rings (SSSR count). The number of anilines is 2. The van der Waals surface area contributed by atoms with Crippen molar-refractivity contribution in [3.63, 3.8) is 0 Å². The molecule has 4 heteroatoms. The monoisotopic (exact) mass is 206 g/mol. The molecule has 4 nitrogen and oxygen atoms in total. The zero-order valence-corrected chi connectivity index (χ0v) is 9.33. The lowest BCUT2D eigenvalue weighted by atomic mass is 9.87. The predicted molar refractivity (Wildman–Crippen MR) is 61.5 cm³/mol. The molecule has 82 valence electrons. The molecular formula is C11H18N4. The molecule has 0 radical (unpaired) electrons. The molecule has 1 fully saturated rings. The quantitative estimate of drug-likeness (QED) is 0.777. The van der Waals surface area contributed by atoms with Gasteiger partial charge < -0.3 is 11.1 Å². The van der Waals surface area contributed by atoms with Gasteiger partial charge in [0.05, 0.1) is 0 Å². The normalized spacial score (nSPS) is 24.0. The predicted octanol–water partition coefficient (Wildman–Crippen LogP) is 2.05. The van der Waals surface area contributed by atoms with E-state index in [1.54, 1.807) is 12.4 Å². The van der Waals surface area contributed by atoms with Gasteiger partial charge >= 0.3 is 0 Å². The van der Waals surface area contributed by atoms with Gasteiger partial charge in [-0.1, -0.05) is 20.3 Å². The van der Waals surface area contributed by atoms with E-state index in [0.29, 0.717) is 17.3 Å². The molecule has 1 heterocycles. The summed E-state index contributed by atoms with van der Waals surface area (Å²) >= 11 is 0. The smallest absolute Gasteiger partial charge is 0.169 e. The van der Waals surface area contributed by atoms with Crippen LogP contribution in [0.15, 0.2) is 12.4 Å². The van der Waals surface area contributed by atoms with Crippen LogP contribution in [0.1, 0.15) is 33.1 Å². The second-order valence-corrected chi connectivity index (χ2v) is 4.87. The molecule has 0 aliphatic heterocycles. The molecule has 0 spiro atoms. The van der Waals surface area contributed by atoms with Gasteiger partial charge in [0.2, 0.25) is 0 Å². The van der Waals surface area contributed by atoms with Crippen molar-refractivity contribution in [2.45, 2.75) is 39.2 Å². The minimum atomic E-state index is 0.323. The van der Waals surface area contributed by atoms with Crippen LogP contribution in [0, 0.1) is 5.41 Å². The average molecular weight is 206 g/mol. The lowest BCUT2D eigenvalue weighted by Gasteiger charge is -2.28. The number of hydrogen-bond donors (Lipinski definition) is 2. The Kier molecular flexibility index (Phi) is 2.50. The van der Waals surface area contributed by atoms with Crippen LogP contribution in [-0.2, 0) is 0 Å². The summed E-state index contributed by atoms with van der Waals surface area (Å²) in [7, 11) is 0. The largest absolute Gasteiger partial charge is 0.381 e. The van der Waals surface area contributed by atoms with Gasteiger partial charge in [-0.2, -0.15) is 0 Å². The first kappa shape index (κ1) is 10.2. The summed E-state index contributed by atoms with van der Waals surface area (Å²) in [5.74, 6) is 1.21. The van der Waals surface area contributed by atoms with E-state index < -0.39 is 0 Å². The molecule has 1 saturated carbocycles. The van der Waals surface area contributed by atoms with Crippen molar-refractivity contribution in [2.24, 2.45) is 5.41 Å². The summed E-state index contributed by atoms with van der Waals surface area (Å²) in [5.41, 5.74) is 6.07. The van der Waals surface area contributed by atoms with E-state index in [1.165, 1.54) is 19.3 Å². The molecule has 15 heavy (non-hydrogen) atoms. The van der Waals surface area contributed by atoms with E-state index in [9.17, 15) is 0 Å². The van der Waals surface area contributed by atoms with Crippen LogP contribution < -0.4 is 11.1 Å². The van der Waals surface area contributed by atoms with E-state index in [2.05, 4.69) is 29.1 Å². The number of nitrogen functional groups attached to an aromatic ring is 1. The first-order valence-electron chi connectivity index (χ1n) is 5.42. The van der Waals surface area contributed by atoms with Crippen molar-refractivity contribution >= 4 is 11.6 Å². The molecule has 1 atom stereocenters. The first-order valence-corrected chi connectivity index (χ1v) is 5.42. The van der Waals surface area contributed by atoms with Gasteiger partial charge in [0.15, 0.2) is 11.6 Å². The van der Waals surface area contributed by atoms with Gasteiger partial charge in [0.25, 0.3) is 0 Å². The van der Waals surface area contributed by atoms with Gasteiger partial charge in [-0.05, 0) is 18.3 Å². The second kappa shape index (κ2) is 3.68. The number of nitrogens with zero attached hydrogens (tertiary/aromatic N) is 2. The number of nitrogens with two attached hydrogens (primary N) is 1. The van der Waals surface area contributed by atoms with Crippen LogP contribution in [0.5, 0.6) is 0 Å². The summed E-state index contributed by atoms with van der Waals surface area (Å²) in [6.45, 7) is 4.56. The Hall–Kier alpha value is -1.32. The maximum Gasteiger partial charge on any atom is 0.169 e. The number of hydrogen-bond acceptors (Lipinski definition) is 4. The summed E-state index contributed by atoms with van der Waals surface area (Å²) in [6, 6.07) is 0.455. The Morgan fingerprint density at radius 1 is 1.40 bits per heavy atom. The maximum atomic E-state index is 5.75. The van der Waals surface area contributed by atoms with Crippen molar-refractivity contribution in [1.29, 1.82) is 0 Å². The molecular weight excluding hydrogens is 188 g/mol. The number of nitrogens with one attached hydrogen (secondary N) is 1. The highest BCUT2D eigenvalue weighted by molar-refractivity contribution is 5.55. The minimum Gasteiger partial charge on any atom is -0.381 e. The van der Waals surface area contributed by atoms with Gasteiger partial charge in [-0.3, -0.25) is 0 Å². The fraction of sp³-hybridized carbons (Fsp3) is 0.636. The third kappa shape index (κ3) is 2.03. The number of rotatable bonds is 2. The van der Waals surface area contributed by atoms with Crippen LogP contribution in [0.2, 0.25) is 0 Å². The highest BCUT2D eigenvalue weighted by atomic mass is 15.1. The van der Waals surface area contributed by atoms with Crippen LogP contribution in [0.25, 0.3) is 0 Å². The fourth-order valence-corrected chi connectivity index (χ4v) is 2.22. The molecule has 1 aromatic rings. The molecule has 0 saturated heterocycles. The Labute approximate surface area is 90.3 Å². The van der Waals surface area contributed by atoms with Crippen LogP contribution in [0.4, 0.5) is 11.6 Å². The lowest BCUT2D eigenvalue weighted by molar-refractivity contribution is 0.349. The lowest BCUT2D eigenvalue weighted by Crippen LogP contribution is -2.31. The van der Waals surface area contributed by atoms with E-state index >= 15 is 0 Å². The van der Waals surface area contributed by atoms with Crippen LogP contribution in [-0.4, -0.2) is 16.0 Å². The van der Waals surface area contributed by atoms with Crippen molar-refractivity contribution in [2.75, 3.05) is 11.1 Å². The highest BCUT2D eigenvalue weighted by Gasteiger charge is 2.34. The maximum absolute atomic E-state index is 5.75. The zero-order chi connectivity index (χ0) is 10.9. The van der Waals surface area contributed by atoms with E-state index in [-0.39, 0.29) is 0 Å². The van der Waals surface area contributed by atoms with E-state index in [4.69, 9.17) is 5.73 Å². The minimum absolute atomic E-state index is 0.323. The third-order valence-corrected chi connectivity index (χ3v) is 3.29. The van der Waals surface area contributed by atoms with Crippen molar-refractivity contribution in [3.8, 4) is 0 Å². The van der Waals surface area contributed by atoms with Crippen molar-refractivity contribution in [1.82, 2.24) is 9.97 Å². The summed E-state index contributed by atoms with van der Waals surface area (Å²) in [6.07, 6.45) is 6.99. The Morgan fingerprint density at radius 3 is 2.73 bits per heavy atom. The zero-order valence-electron chi connectivity index (χ0n) is 9.33. The average Bonchev–Trinajstić information content (AvgIpc) is 2.50. The van der Waals surface area contributed by atoms with Crippen molar-refractivity contribution < 1.29 is 0 Å². The Morgan fingerprint density at radius 2 is 2.13 bits per heavy atom. The second-order valence-electron chi connectivity index (χ2n) is 4.87. The third-order valence-electron chi connectivity index (χ3n) is 3.29. The molecule has 0 amide bonds. The fourth-order valence-electron chi connectivity index (χ4n) is 2.22. The van der Waals surface area contributed by atoms with Gasteiger partial charge in [0.1, 0.15) is 0 Å². The number of aromatic nitrogens is 2. The Bertz CT molecular complexity index is 348. The molecule has 1 aromatic heterocycles. The van der Waals surface area contributed by atoms with E-state index in [1.807, 2.05) is 0 Å². The molecule has 0 aromatic carbocycles.